The molecule has 6 amide bonds. The Morgan fingerprint density at radius 1 is 0.907 bits per heavy atom. The van der Waals surface area contributed by atoms with Crippen LogP contribution in [0.25, 0.3) is 0 Å². The molecule has 3 rings (SSSR count). The quantitative estimate of drug-likeness (QED) is 0.0319. The third-order valence-corrected chi connectivity index (χ3v) is 10.3. The number of methoxy groups -OCH3 is 1. The molecule has 0 aromatic rings. The zero-order valence-electron chi connectivity index (χ0n) is 31.7. The highest BCUT2D eigenvalue weighted by Crippen LogP contribution is 2.46. The molecular weight excluding hydrogens is 708 g/mol. The maximum Gasteiger partial charge on any atom is 0.319 e. The molecule has 18 nitrogen and oxygen atoms in total. The number of unbranched alkanes of at least 4 members (excludes halogenated alkanes) is 1. The van der Waals surface area contributed by atoms with E-state index >= 15 is 0 Å². The van der Waals surface area contributed by atoms with Gasteiger partial charge in [0.2, 0.25) is 35.3 Å². The molecule has 7 N–H and O–H groups in total. The minimum atomic E-state index is -1.59. The number of amides is 6. The van der Waals surface area contributed by atoms with Crippen molar-refractivity contribution in [3.05, 3.63) is 0 Å². The summed E-state index contributed by atoms with van der Waals surface area (Å²) in [6.45, 7) is 3.40. The van der Waals surface area contributed by atoms with Crippen LogP contribution in [-0.2, 0) is 52.6 Å². The highest BCUT2D eigenvalue weighted by molar-refractivity contribution is 6.38. The minimum Gasteiger partial charge on any atom is -0.480 e. The number of carboxylic acids is 1. The SMILES string of the molecule is CCCCC(NC(=O)CNC(=O)C(=O)C(CCC)NC(=O)C1CC(OCOCCOC)CN1C(=O)C(NC(=O)C1(C(=O)O)CC1)C1CCCCC1)C(N)=O. The number of carboxylic acid groups (broad SMARTS) is 1. The van der Waals surface area contributed by atoms with Gasteiger partial charge in [-0.15, -0.1) is 0 Å². The van der Waals surface area contributed by atoms with E-state index in [1.807, 2.05) is 6.92 Å². The normalized spacial score (nSPS) is 20.9. The van der Waals surface area contributed by atoms with Crippen molar-refractivity contribution in [1.29, 1.82) is 0 Å². The number of hydrogen-bond donors (Lipinski definition) is 6. The van der Waals surface area contributed by atoms with Crippen molar-refractivity contribution in [2.45, 2.75) is 128 Å². The van der Waals surface area contributed by atoms with E-state index in [-0.39, 0.29) is 51.5 Å². The van der Waals surface area contributed by atoms with Gasteiger partial charge in [0.1, 0.15) is 30.3 Å². The lowest BCUT2D eigenvalue weighted by Crippen LogP contribution is -2.59. The number of carbonyl (C=O) groups is 8. The molecule has 0 aromatic carbocycles. The van der Waals surface area contributed by atoms with Crippen LogP contribution in [-0.4, -0.2) is 128 Å². The van der Waals surface area contributed by atoms with E-state index in [1.54, 1.807) is 6.92 Å². The molecule has 0 bridgehead atoms. The van der Waals surface area contributed by atoms with Crippen LogP contribution in [0.2, 0.25) is 0 Å². The predicted octanol–water partition coefficient (Wildman–Crippen LogP) is -0.347. The first-order valence-electron chi connectivity index (χ1n) is 19.0. The first-order valence-corrected chi connectivity index (χ1v) is 19.0. The molecule has 1 aliphatic heterocycles. The van der Waals surface area contributed by atoms with Gasteiger partial charge in [-0.2, -0.15) is 0 Å². The van der Waals surface area contributed by atoms with Crippen LogP contribution in [0.1, 0.15) is 97.3 Å². The van der Waals surface area contributed by atoms with E-state index in [0.717, 1.165) is 25.7 Å². The molecule has 2 saturated carbocycles. The van der Waals surface area contributed by atoms with Gasteiger partial charge in [-0.3, -0.25) is 38.4 Å². The number of nitrogens with one attached hydrogen (secondary N) is 4. The molecule has 54 heavy (non-hydrogen) atoms. The maximum absolute atomic E-state index is 14.4. The summed E-state index contributed by atoms with van der Waals surface area (Å²) in [4.78, 5) is 105. The van der Waals surface area contributed by atoms with E-state index in [1.165, 1.54) is 12.0 Å². The smallest absolute Gasteiger partial charge is 0.319 e. The largest absolute Gasteiger partial charge is 0.480 e. The number of rotatable bonds is 24. The second kappa shape index (κ2) is 21.7. The number of aliphatic carboxylic acids is 1. The van der Waals surface area contributed by atoms with Gasteiger partial charge < -0.3 is 51.2 Å². The van der Waals surface area contributed by atoms with Crippen molar-refractivity contribution in [2.24, 2.45) is 17.1 Å². The van der Waals surface area contributed by atoms with Gasteiger partial charge in [-0.25, -0.2) is 0 Å². The number of nitrogens with zero attached hydrogens (tertiary/aromatic N) is 1. The molecule has 1 saturated heterocycles. The van der Waals surface area contributed by atoms with Crippen LogP contribution >= 0.6 is 0 Å². The highest BCUT2D eigenvalue weighted by atomic mass is 16.7. The number of hydrogen-bond acceptors (Lipinski definition) is 11. The second-order valence-electron chi connectivity index (χ2n) is 14.3. The Balaban J connectivity index is 1.77. The zero-order valence-corrected chi connectivity index (χ0v) is 31.7. The Hall–Kier alpha value is -4.16. The summed E-state index contributed by atoms with van der Waals surface area (Å²) in [6, 6.07) is -4.50. The third kappa shape index (κ3) is 12.4. The van der Waals surface area contributed by atoms with Gasteiger partial charge in [0.05, 0.1) is 31.9 Å². The summed E-state index contributed by atoms with van der Waals surface area (Å²) in [5.41, 5.74) is 3.78. The van der Waals surface area contributed by atoms with Gasteiger partial charge in [-0.1, -0.05) is 52.4 Å². The average molecular weight is 767 g/mol. The Bertz CT molecular complexity index is 1350. The molecule has 3 aliphatic rings. The van der Waals surface area contributed by atoms with Crippen LogP contribution in [0.3, 0.4) is 0 Å². The van der Waals surface area contributed by atoms with E-state index < -0.39 is 89.4 Å². The fourth-order valence-corrected chi connectivity index (χ4v) is 6.90. The molecule has 1 heterocycles. The zero-order chi connectivity index (χ0) is 39.8. The summed E-state index contributed by atoms with van der Waals surface area (Å²) in [6.07, 6.45) is 5.66. The molecule has 5 unspecified atom stereocenters. The van der Waals surface area contributed by atoms with Crippen molar-refractivity contribution in [3.63, 3.8) is 0 Å². The summed E-state index contributed by atoms with van der Waals surface area (Å²) >= 11 is 0. The predicted molar refractivity (Wildman–Crippen MR) is 191 cm³/mol. The van der Waals surface area contributed by atoms with E-state index in [0.29, 0.717) is 38.7 Å². The van der Waals surface area contributed by atoms with Gasteiger partial charge >= 0.3 is 5.97 Å². The first kappa shape index (κ1) is 44.2. The van der Waals surface area contributed by atoms with Crippen molar-refractivity contribution in [1.82, 2.24) is 26.2 Å². The van der Waals surface area contributed by atoms with Crippen molar-refractivity contribution in [3.8, 4) is 0 Å². The van der Waals surface area contributed by atoms with Gasteiger partial charge in [0, 0.05) is 20.1 Å². The molecular formula is C36H58N6O12. The average Bonchev–Trinajstić information content (AvgIpc) is 3.87. The van der Waals surface area contributed by atoms with Crippen molar-refractivity contribution in [2.75, 3.05) is 40.2 Å². The molecule has 0 radical (unpaired) electrons. The Labute approximate surface area is 315 Å². The first-order chi connectivity index (χ1) is 25.8. The molecule has 5 atom stereocenters. The van der Waals surface area contributed by atoms with Gasteiger partial charge in [0.15, 0.2) is 0 Å². The molecule has 3 fully saturated rings. The number of Topliss-reactive ketones (excluding diaryl/α,β-unsaturated/α-hetero) is 1. The Morgan fingerprint density at radius 2 is 1.61 bits per heavy atom. The number of ether oxygens (including phenoxy) is 3. The standard InChI is InChI=1S/C36H58N6O12/c1-4-6-13-25(30(37)45)39-27(43)19-38-32(47)29(44)24(10-5-2)40-31(46)26-18-23(54-21-53-17-16-52-3)20-42(26)33(48)28(22-11-8-7-9-12-22)41-34(49)36(14-15-36)35(50)51/h22-26,28H,4-21H2,1-3H3,(H2,37,45)(H,38,47)(H,39,43)(H,40,46)(H,41,49)(H,50,51). The van der Waals surface area contributed by atoms with Gasteiger partial charge in [-0.05, 0) is 44.4 Å². The van der Waals surface area contributed by atoms with Crippen LogP contribution in [0.4, 0.5) is 0 Å². The Kier molecular flexibility index (Phi) is 17.7. The van der Waals surface area contributed by atoms with E-state index in [9.17, 15) is 43.5 Å². The number of ketones is 1. The summed E-state index contributed by atoms with van der Waals surface area (Å²) in [7, 11) is 1.52. The van der Waals surface area contributed by atoms with Crippen LogP contribution in [0.15, 0.2) is 0 Å². The van der Waals surface area contributed by atoms with Gasteiger partial charge in [0.25, 0.3) is 5.91 Å². The lowest BCUT2D eigenvalue weighted by molar-refractivity contribution is -0.151. The number of nitrogens with two attached hydrogens (primary N) is 1. The lowest BCUT2D eigenvalue weighted by Gasteiger charge is -2.35. The number of primary amides is 1. The second-order valence-corrected chi connectivity index (χ2v) is 14.3. The molecule has 18 heteroatoms. The van der Waals surface area contributed by atoms with E-state index in [2.05, 4.69) is 21.3 Å². The van der Waals surface area contributed by atoms with Crippen molar-refractivity contribution < 1.29 is 57.7 Å². The maximum atomic E-state index is 14.4. The minimum absolute atomic E-state index is 0.00801. The summed E-state index contributed by atoms with van der Waals surface area (Å²) in [5, 5.41) is 19.8. The monoisotopic (exact) mass is 766 g/mol. The summed E-state index contributed by atoms with van der Waals surface area (Å²) in [5.74, 6) is -7.18. The molecule has 0 aromatic heterocycles. The molecule has 0 spiro atoms. The fourth-order valence-electron chi connectivity index (χ4n) is 6.90. The van der Waals surface area contributed by atoms with Crippen molar-refractivity contribution >= 4 is 47.2 Å². The topological polar surface area (TPSA) is 262 Å². The summed E-state index contributed by atoms with van der Waals surface area (Å²) < 4.78 is 16.3. The van der Waals surface area contributed by atoms with Crippen LogP contribution < -0.4 is 27.0 Å². The fraction of sp³-hybridized carbons (Fsp3) is 0.778. The van der Waals surface area contributed by atoms with E-state index in [4.69, 9.17) is 19.9 Å². The highest BCUT2D eigenvalue weighted by Gasteiger charge is 2.58. The third-order valence-electron chi connectivity index (χ3n) is 10.3. The van der Waals surface area contributed by atoms with Crippen LogP contribution in [0, 0.1) is 11.3 Å². The lowest BCUT2D eigenvalue weighted by atomic mass is 9.83. The number of carbonyl (C=O) groups excluding carboxylic acids is 7. The number of likely N-dealkylation sites (tertiary alicyclic amines) is 1. The Morgan fingerprint density at radius 3 is 2.20 bits per heavy atom. The van der Waals surface area contributed by atoms with Crippen LogP contribution in [0.5, 0.6) is 0 Å². The molecule has 2 aliphatic carbocycles. The molecule has 304 valence electrons.